The molecule has 3 aromatic heterocycles. The molecule has 9 heteroatoms. The number of carbonyl (C=O) groups is 1. The summed E-state index contributed by atoms with van der Waals surface area (Å²) in [5.74, 6) is 0.693. The van der Waals surface area contributed by atoms with E-state index in [0.717, 1.165) is 38.0 Å². The number of rotatable bonds is 6. The number of ether oxygens (including phenoxy) is 1. The van der Waals surface area contributed by atoms with Crippen LogP contribution in [-0.4, -0.2) is 32.7 Å². The summed E-state index contributed by atoms with van der Waals surface area (Å²) in [7, 11) is 1.61. The Labute approximate surface area is 177 Å². The maximum atomic E-state index is 11.9. The minimum Gasteiger partial charge on any atom is -0.497 e. The zero-order valence-electron chi connectivity index (χ0n) is 17.1. The molecule has 0 saturated heterocycles. The first-order chi connectivity index (χ1) is 14.3. The summed E-state index contributed by atoms with van der Waals surface area (Å²) in [4.78, 5) is 20.5. The number of aryl methyl sites for hydroxylation is 2. The summed E-state index contributed by atoms with van der Waals surface area (Å²) >= 11 is 1.49. The second-order valence-electron chi connectivity index (χ2n) is 7.12. The predicted molar refractivity (Wildman–Crippen MR) is 118 cm³/mol. The van der Waals surface area contributed by atoms with Crippen LogP contribution in [0, 0.1) is 20.8 Å². The third-order valence-corrected chi connectivity index (χ3v) is 6.07. The first-order valence-corrected chi connectivity index (χ1v) is 10.2. The highest BCUT2D eigenvalue weighted by molar-refractivity contribution is 7.14. The van der Waals surface area contributed by atoms with E-state index in [4.69, 9.17) is 10.5 Å². The summed E-state index contributed by atoms with van der Waals surface area (Å²) in [6.45, 7) is 5.76. The lowest BCUT2D eigenvalue weighted by molar-refractivity contribution is 0.100. The number of methoxy groups -OCH3 is 1. The van der Waals surface area contributed by atoms with Gasteiger partial charge >= 0.3 is 0 Å². The van der Waals surface area contributed by atoms with Crippen molar-refractivity contribution in [2.45, 2.75) is 27.0 Å². The number of aliphatic hydroxyl groups excluding tert-OH is 1. The molecule has 0 bridgehead atoms. The molecule has 0 spiro atoms. The Morgan fingerprint density at radius 1 is 1.30 bits per heavy atom. The van der Waals surface area contributed by atoms with Crippen LogP contribution in [0.1, 0.15) is 38.4 Å². The van der Waals surface area contributed by atoms with E-state index in [2.05, 4.69) is 15.3 Å². The molecular weight excluding hydrogens is 402 g/mol. The number of nitrogens with zero attached hydrogens (tertiary/aromatic N) is 2. The van der Waals surface area contributed by atoms with Gasteiger partial charge in [-0.15, -0.1) is 11.3 Å². The number of aromatic amines is 1. The Morgan fingerprint density at radius 3 is 2.77 bits per heavy atom. The molecule has 0 fully saturated rings. The molecule has 30 heavy (non-hydrogen) atoms. The maximum Gasteiger partial charge on any atom is 0.251 e. The van der Waals surface area contributed by atoms with Gasteiger partial charge in [0, 0.05) is 27.9 Å². The molecule has 8 nitrogen and oxygen atoms in total. The Balaban J connectivity index is 1.67. The van der Waals surface area contributed by atoms with Crippen molar-refractivity contribution in [3.63, 3.8) is 0 Å². The van der Waals surface area contributed by atoms with Crippen LogP contribution in [0.5, 0.6) is 5.75 Å². The van der Waals surface area contributed by atoms with Gasteiger partial charge in [0.1, 0.15) is 10.8 Å². The van der Waals surface area contributed by atoms with Crippen LogP contribution in [0.15, 0.2) is 30.3 Å². The number of hydrogen-bond donors (Lipinski definition) is 4. The lowest BCUT2D eigenvalue weighted by Gasteiger charge is -2.13. The quantitative estimate of drug-likeness (QED) is 0.352. The standard InChI is InChI=1S/C21H23N5O3S/c1-10-7-14(12(3)26(10)20-15(18(22)27)8-11(2)30-20)19(28)25-21-23-16-6-5-13(29-4)9-17(16)24-21/h5-9,19,28H,1-4H3,(H2,22,27)(H2,23,24,25). The van der Waals surface area contributed by atoms with Gasteiger partial charge in [-0.2, -0.15) is 0 Å². The van der Waals surface area contributed by atoms with Crippen LogP contribution in [0.4, 0.5) is 5.95 Å². The molecule has 4 aromatic rings. The smallest absolute Gasteiger partial charge is 0.251 e. The van der Waals surface area contributed by atoms with Crippen molar-refractivity contribution in [2.75, 3.05) is 12.4 Å². The molecule has 1 amide bonds. The number of benzene rings is 1. The summed E-state index contributed by atoms with van der Waals surface area (Å²) in [6.07, 6.45) is -0.995. The Hall–Kier alpha value is -3.30. The van der Waals surface area contributed by atoms with Gasteiger partial charge in [0.2, 0.25) is 5.95 Å². The molecule has 5 N–H and O–H groups in total. The zero-order chi connectivity index (χ0) is 21.6. The number of nitrogens with one attached hydrogen (secondary N) is 2. The van der Waals surface area contributed by atoms with Crippen LogP contribution < -0.4 is 15.8 Å². The number of primary amides is 1. The SMILES string of the molecule is COc1ccc2nc(NC(O)c3cc(C)n(-c4sc(C)cc4C(N)=O)c3C)[nH]c2c1. The van der Waals surface area contributed by atoms with Crippen molar-refractivity contribution in [1.82, 2.24) is 14.5 Å². The minimum absolute atomic E-state index is 0.445. The third kappa shape index (κ3) is 3.42. The van der Waals surface area contributed by atoms with Gasteiger partial charge < -0.3 is 30.4 Å². The molecule has 1 atom stereocenters. The summed E-state index contributed by atoms with van der Waals surface area (Å²) in [5, 5.41) is 14.6. The third-order valence-electron chi connectivity index (χ3n) is 5.03. The fraction of sp³-hybridized carbons (Fsp3) is 0.238. The molecule has 0 saturated carbocycles. The molecule has 4 rings (SSSR count). The predicted octanol–water partition coefficient (Wildman–Crippen LogP) is 3.55. The molecule has 3 heterocycles. The van der Waals surface area contributed by atoms with E-state index in [0.29, 0.717) is 17.1 Å². The number of thiophene rings is 1. The number of fused-ring (bicyclic) bond motifs is 1. The van der Waals surface area contributed by atoms with Gasteiger partial charge in [-0.25, -0.2) is 4.98 Å². The summed E-state index contributed by atoms with van der Waals surface area (Å²) < 4.78 is 7.18. The van der Waals surface area contributed by atoms with Crippen molar-refractivity contribution in [3.8, 4) is 10.8 Å². The zero-order valence-corrected chi connectivity index (χ0v) is 17.9. The topological polar surface area (TPSA) is 118 Å². The maximum absolute atomic E-state index is 11.9. The van der Waals surface area contributed by atoms with Crippen LogP contribution in [0.3, 0.4) is 0 Å². The largest absolute Gasteiger partial charge is 0.497 e. The lowest BCUT2D eigenvalue weighted by atomic mass is 10.2. The normalized spacial score (nSPS) is 12.3. The van der Waals surface area contributed by atoms with Gasteiger partial charge in [0.15, 0.2) is 6.23 Å². The molecule has 1 aromatic carbocycles. The molecule has 0 aliphatic heterocycles. The fourth-order valence-electron chi connectivity index (χ4n) is 3.61. The average Bonchev–Trinajstić information content (AvgIpc) is 3.35. The highest BCUT2D eigenvalue weighted by Gasteiger charge is 2.22. The van der Waals surface area contributed by atoms with Gasteiger partial charge in [-0.3, -0.25) is 4.79 Å². The monoisotopic (exact) mass is 425 g/mol. The van der Waals surface area contributed by atoms with E-state index in [1.807, 2.05) is 49.6 Å². The number of nitrogens with two attached hydrogens (primary N) is 1. The van der Waals surface area contributed by atoms with E-state index >= 15 is 0 Å². The van der Waals surface area contributed by atoms with E-state index < -0.39 is 12.1 Å². The number of amides is 1. The van der Waals surface area contributed by atoms with Gasteiger partial charge in [0.25, 0.3) is 5.91 Å². The highest BCUT2D eigenvalue weighted by Crippen LogP contribution is 2.32. The lowest BCUT2D eigenvalue weighted by Crippen LogP contribution is -2.14. The Bertz CT molecular complexity index is 1250. The highest BCUT2D eigenvalue weighted by atomic mass is 32.1. The van der Waals surface area contributed by atoms with Gasteiger partial charge in [0.05, 0.1) is 23.7 Å². The number of carbonyl (C=O) groups excluding carboxylic acids is 1. The molecule has 1 unspecified atom stereocenters. The number of H-pyrrole nitrogens is 1. The van der Waals surface area contributed by atoms with Crippen LogP contribution in [0.25, 0.3) is 16.0 Å². The van der Waals surface area contributed by atoms with Crippen molar-refractivity contribution < 1.29 is 14.6 Å². The number of aromatic nitrogens is 3. The first kappa shape index (κ1) is 20.0. The molecular formula is C21H23N5O3S. The Kier molecular flexibility index (Phi) is 5.00. The number of hydrogen-bond acceptors (Lipinski definition) is 6. The second kappa shape index (κ2) is 7.51. The second-order valence-corrected chi connectivity index (χ2v) is 8.35. The average molecular weight is 426 g/mol. The molecule has 0 aliphatic rings. The fourth-order valence-corrected chi connectivity index (χ4v) is 4.74. The van der Waals surface area contributed by atoms with Gasteiger partial charge in [-0.1, -0.05) is 0 Å². The van der Waals surface area contributed by atoms with E-state index in [1.165, 1.54) is 11.3 Å². The minimum atomic E-state index is -0.995. The van der Waals surface area contributed by atoms with E-state index in [-0.39, 0.29) is 0 Å². The van der Waals surface area contributed by atoms with E-state index in [9.17, 15) is 9.90 Å². The molecule has 0 radical (unpaired) electrons. The first-order valence-electron chi connectivity index (χ1n) is 9.36. The van der Waals surface area contributed by atoms with Crippen LogP contribution in [-0.2, 0) is 0 Å². The van der Waals surface area contributed by atoms with Crippen molar-refractivity contribution in [2.24, 2.45) is 5.73 Å². The summed E-state index contributed by atoms with van der Waals surface area (Å²) in [6, 6.07) is 9.20. The molecule has 0 aliphatic carbocycles. The van der Waals surface area contributed by atoms with Crippen molar-refractivity contribution in [3.05, 3.63) is 57.7 Å². The van der Waals surface area contributed by atoms with Crippen molar-refractivity contribution >= 4 is 34.2 Å². The van der Waals surface area contributed by atoms with Crippen LogP contribution in [0.2, 0.25) is 0 Å². The number of imidazole rings is 1. The van der Waals surface area contributed by atoms with Crippen LogP contribution >= 0.6 is 11.3 Å². The Morgan fingerprint density at radius 2 is 2.07 bits per heavy atom. The molecule has 156 valence electrons. The summed E-state index contributed by atoms with van der Waals surface area (Å²) in [5.41, 5.74) is 9.99. The number of anilines is 1. The van der Waals surface area contributed by atoms with Gasteiger partial charge in [-0.05, 0) is 45.0 Å². The number of aliphatic hydroxyl groups is 1. The van der Waals surface area contributed by atoms with E-state index in [1.54, 1.807) is 13.2 Å². The van der Waals surface area contributed by atoms with Crippen molar-refractivity contribution in [1.29, 1.82) is 0 Å².